The number of nitrogens with zero attached hydrogens (tertiary/aromatic N) is 3. The summed E-state index contributed by atoms with van der Waals surface area (Å²) in [6, 6.07) is 4.19. The maximum Gasteiger partial charge on any atom is 0.243 e. The van der Waals surface area contributed by atoms with E-state index in [0.717, 1.165) is 43.2 Å². The lowest BCUT2D eigenvalue weighted by atomic mass is 9.96. The molecule has 1 aromatic carbocycles. The molecule has 0 radical (unpaired) electrons. The molecule has 45 heavy (non-hydrogen) atoms. The Morgan fingerprint density at radius 3 is 2.36 bits per heavy atom. The number of ether oxygens (including phenoxy) is 1. The molecule has 0 saturated carbocycles. The van der Waals surface area contributed by atoms with Crippen LogP contribution < -0.4 is 15.4 Å². The average Bonchev–Trinajstić information content (AvgIpc) is 3.77. The van der Waals surface area contributed by atoms with Crippen LogP contribution in [0.25, 0.3) is 10.4 Å². The van der Waals surface area contributed by atoms with Gasteiger partial charge in [0.2, 0.25) is 11.8 Å². The van der Waals surface area contributed by atoms with Crippen LogP contribution in [0.5, 0.6) is 5.75 Å². The van der Waals surface area contributed by atoms with Crippen LogP contribution in [-0.4, -0.2) is 101 Å². The molecular formula is C34H59N5O5S. The minimum Gasteiger partial charge on any atom is -0.492 e. The van der Waals surface area contributed by atoms with Gasteiger partial charge in [-0.25, -0.2) is 0 Å². The monoisotopic (exact) mass is 649 g/mol. The molecule has 2 saturated heterocycles. The molecule has 3 heterocycles. The lowest BCUT2D eigenvalue weighted by molar-refractivity contribution is -0.142. The van der Waals surface area contributed by atoms with Crippen molar-refractivity contribution in [2.24, 2.45) is 11.8 Å². The molecule has 2 aromatic rings. The Balaban J connectivity index is 0.00000159. The zero-order valence-electron chi connectivity index (χ0n) is 29.0. The SMILES string of the molecule is CC.CC.CC.CC(C)C(C)C(=O)N1CC(O)CC1C(=O)NC(CO)c1ccc(-c2cncs2)cc1OCCN1CCNCC1. The molecular weight excluding hydrogens is 590 g/mol. The smallest absolute Gasteiger partial charge is 0.243 e. The van der Waals surface area contributed by atoms with Crippen molar-refractivity contribution in [3.05, 3.63) is 35.5 Å². The summed E-state index contributed by atoms with van der Waals surface area (Å²) in [4.78, 5) is 35.5. The number of aliphatic hydroxyl groups excluding tert-OH is 2. The van der Waals surface area contributed by atoms with Crippen molar-refractivity contribution < 1.29 is 24.5 Å². The highest BCUT2D eigenvalue weighted by Gasteiger charge is 2.41. The molecule has 4 unspecified atom stereocenters. The topological polar surface area (TPSA) is 127 Å². The van der Waals surface area contributed by atoms with Gasteiger partial charge in [-0.2, -0.15) is 0 Å². The number of aliphatic hydroxyl groups is 2. The molecule has 0 bridgehead atoms. The number of piperazine rings is 1. The Labute approximate surface area is 275 Å². The first-order valence-electron chi connectivity index (χ1n) is 16.8. The Bertz CT molecular complexity index is 1090. The van der Waals surface area contributed by atoms with Crippen molar-refractivity contribution >= 4 is 23.2 Å². The van der Waals surface area contributed by atoms with Gasteiger partial charge in [0.25, 0.3) is 0 Å². The van der Waals surface area contributed by atoms with E-state index in [2.05, 4.69) is 20.5 Å². The minimum atomic E-state index is -0.795. The third kappa shape index (κ3) is 11.9. The van der Waals surface area contributed by atoms with E-state index in [-0.39, 0.29) is 37.3 Å². The Morgan fingerprint density at radius 2 is 1.78 bits per heavy atom. The summed E-state index contributed by atoms with van der Waals surface area (Å²) in [5.74, 6) is -0.110. The van der Waals surface area contributed by atoms with Crippen molar-refractivity contribution in [3.63, 3.8) is 0 Å². The van der Waals surface area contributed by atoms with Crippen LogP contribution in [0.3, 0.4) is 0 Å². The number of carbonyl (C=O) groups excluding carboxylic acids is 2. The first-order chi connectivity index (χ1) is 21.8. The number of benzene rings is 1. The number of β-amino-alcohol motifs (C(OH)–C–C–N with tert-alkyl or cyclic N) is 1. The van der Waals surface area contributed by atoms with E-state index >= 15 is 0 Å². The minimum absolute atomic E-state index is 0.113. The Kier molecular flexibility index (Phi) is 19.8. The van der Waals surface area contributed by atoms with Gasteiger partial charge in [0.15, 0.2) is 0 Å². The van der Waals surface area contributed by atoms with E-state index in [1.165, 1.54) is 16.2 Å². The number of carbonyl (C=O) groups is 2. The van der Waals surface area contributed by atoms with Crippen LogP contribution in [0.1, 0.15) is 80.3 Å². The highest BCUT2D eigenvalue weighted by atomic mass is 32.1. The van der Waals surface area contributed by atoms with Crippen LogP contribution in [-0.2, 0) is 9.59 Å². The Morgan fingerprint density at radius 1 is 1.11 bits per heavy atom. The molecule has 4 atom stereocenters. The Hall–Kier alpha value is -2.57. The molecule has 256 valence electrons. The summed E-state index contributed by atoms with van der Waals surface area (Å²) in [6.45, 7) is 22.6. The standard InChI is InChI=1S/C28H41N5O5S.3C2H6/c1-18(2)19(3)28(37)33-15-21(35)13-24(33)27(36)31-23(16-34)22-5-4-20(26-14-30-17-39-26)12-25(22)38-11-10-32-8-6-29-7-9-32;3*1-2/h4-5,12,14,17-19,21,23-24,29,34-35H,6-11,13,15-16H2,1-3H3,(H,31,36);3*1-2H3. The number of hydrogen-bond donors (Lipinski definition) is 4. The molecule has 4 rings (SSSR count). The van der Waals surface area contributed by atoms with Gasteiger partial charge in [-0.3, -0.25) is 19.5 Å². The van der Waals surface area contributed by atoms with Crippen LogP contribution in [0.15, 0.2) is 29.9 Å². The zero-order valence-corrected chi connectivity index (χ0v) is 29.8. The van der Waals surface area contributed by atoms with Gasteiger partial charge in [0, 0.05) is 63.4 Å². The molecule has 4 N–H and O–H groups in total. The summed E-state index contributed by atoms with van der Waals surface area (Å²) in [5, 5.41) is 26.9. The van der Waals surface area contributed by atoms with Crippen LogP contribution in [0.4, 0.5) is 0 Å². The lowest BCUT2D eigenvalue weighted by Gasteiger charge is -2.30. The van der Waals surface area contributed by atoms with Gasteiger partial charge in [-0.05, 0) is 17.5 Å². The van der Waals surface area contributed by atoms with E-state index in [9.17, 15) is 19.8 Å². The number of amides is 2. The maximum atomic E-state index is 13.4. The largest absolute Gasteiger partial charge is 0.492 e. The fourth-order valence-electron chi connectivity index (χ4n) is 5.02. The van der Waals surface area contributed by atoms with E-state index in [0.29, 0.717) is 17.9 Å². The molecule has 0 spiro atoms. The van der Waals surface area contributed by atoms with Crippen LogP contribution >= 0.6 is 11.3 Å². The number of nitrogens with one attached hydrogen (secondary N) is 2. The first-order valence-corrected chi connectivity index (χ1v) is 17.6. The highest BCUT2D eigenvalue weighted by Crippen LogP contribution is 2.33. The fraction of sp³-hybridized carbons (Fsp3) is 0.676. The molecule has 2 fully saturated rings. The van der Waals surface area contributed by atoms with Gasteiger partial charge in [-0.1, -0.05) is 74.4 Å². The molecule has 2 aliphatic heterocycles. The van der Waals surface area contributed by atoms with Gasteiger partial charge in [0.1, 0.15) is 18.4 Å². The highest BCUT2D eigenvalue weighted by molar-refractivity contribution is 7.13. The van der Waals surface area contributed by atoms with Crippen molar-refractivity contribution in [2.75, 3.05) is 52.5 Å². The lowest BCUT2D eigenvalue weighted by Crippen LogP contribution is -2.49. The second-order valence-electron chi connectivity index (χ2n) is 10.7. The molecule has 0 aliphatic carbocycles. The van der Waals surface area contributed by atoms with Crippen LogP contribution in [0.2, 0.25) is 0 Å². The fourth-order valence-corrected chi connectivity index (χ4v) is 5.64. The zero-order chi connectivity index (χ0) is 33.9. The third-order valence-electron chi connectivity index (χ3n) is 7.73. The van der Waals surface area contributed by atoms with Gasteiger partial charge >= 0.3 is 0 Å². The molecule has 10 nitrogen and oxygen atoms in total. The molecule has 11 heteroatoms. The number of likely N-dealkylation sites (tertiary alicyclic amines) is 1. The second-order valence-corrected chi connectivity index (χ2v) is 11.6. The van der Waals surface area contributed by atoms with Crippen molar-refractivity contribution in [2.45, 2.75) is 86.9 Å². The summed E-state index contributed by atoms with van der Waals surface area (Å²) in [7, 11) is 0. The van der Waals surface area contributed by atoms with E-state index < -0.39 is 24.1 Å². The van der Waals surface area contributed by atoms with E-state index in [1.807, 2.05) is 80.5 Å². The normalized spacial score (nSPS) is 19.2. The number of hydrogen-bond acceptors (Lipinski definition) is 9. The second kappa shape index (κ2) is 22.0. The predicted molar refractivity (Wildman–Crippen MR) is 184 cm³/mol. The predicted octanol–water partition coefficient (Wildman–Crippen LogP) is 4.58. The van der Waals surface area contributed by atoms with E-state index in [4.69, 9.17) is 4.74 Å². The maximum absolute atomic E-state index is 13.4. The van der Waals surface area contributed by atoms with Crippen LogP contribution in [0, 0.1) is 11.8 Å². The summed E-state index contributed by atoms with van der Waals surface area (Å²) >= 11 is 1.52. The first kappa shape index (κ1) is 40.5. The quantitative estimate of drug-likeness (QED) is 0.279. The molecule has 2 amide bonds. The summed E-state index contributed by atoms with van der Waals surface area (Å²) in [5.41, 5.74) is 3.37. The van der Waals surface area contributed by atoms with Crippen molar-refractivity contribution in [1.82, 2.24) is 25.4 Å². The summed E-state index contributed by atoms with van der Waals surface area (Å²) in [6.07, 6.45) is 1.20. The van der Waals surface area contributed by atoms with Crippen molar-refractivity contribution in [1.29, 1.82) is 0 Å². The van der Waals surface area contributed by atoms with Gasteiger partial charge < -0.3 is 30.5 Å². The molecule has 1 aromatic heterocycles. The number of aromatic nitrogens is 1. The van der Waals surface area contributed by atoms with Gasteiger partial charge in [0.05, 0.1) is 29.1 Å². The molecule has 2 aliphatic rings. The average molecular weight is 650 g/mol. The summed E-state index contributed by atoms with van der Waals surface area (Å²) < 4.78 is 6.26. The van der Waals surface area contributed by atoms with E-state index in [1.54, 1.807) is 11.7 Å². The third-order valence-corrected chi connectivity index (χ3v) is 8.56. The number of thiazole rings is 1. The van der Waals surface area contributed by atoms with Gasteiger partial charge in [-0.15, -0.1) is 11.3 Å². The van der Waals surface area contributed by atoms with Crippen molar-refractivity contribution in [3.8, 4) is 16.2 Å². The number of rotatable bonds is 11.